The van der Waals surface area contributed by atoms with Gasteiger partial charge in [0.05, 0.1) is 42.0 Å². The Bertz CT molecular complexity index is 1390. The molecule has 0 amide bonds. The largest absolute Gasteiger partial charge is 0.496 e. The summed E-state index contributed by atoms with van der Waals surface area (Å²) in [4.78, 5) is 17.8. The van der Waals surface area contributed by atoms with Crippen molar-refractivity contribution in [3.63, 3.8) is 0 Å². The van der Waals surface area contributed by atoms with E-state index in [9.17, 15) is 5.11 Å². The summed E-state index contributed by atoms with van der Waals surface area (Å²) in [5.74, 6) is 0.903. The topological polar surface area (TPSA) is 86.6 Å². The van der Waals surface area contributed by atoms with Crippen LogP contribution in [0.25, 0.3) is 22.2 Å². The van der Waals surface area contributed by atoms with Gasteiger partial charge in [-0.2, -0.15) is 0 Å². The van der Waals surface area contributed by atoms with E-state index in [1.165, 1.54) is 6.07 Å². The first-order chi connectivity index (χ1) is 17.9. The van der Waals surface area contributed by atoms with E-state index in [0.717, 1.165) is 48.3 Å². The van der Waals surface area contributed by atoms with E-state index in [1.807, 2.05) is 43.4 Å². The number of aromatic nitrogens is 3. The summed E-state index contributed by atoms with van der Waals surface area (Å²) < 4.78 is 20.9. The molecule has 0 spiro atoms. The average Bonchev–Trinajstić information content (AvgIpc) is 2.89. The third-order valence-corrected chi connectivity index (χ3v) is 6.58. The number of hydrogen-bond acceptors (Lipinski definition) is 8. The fraction of sp³-hybridized carbons (Fsp3) is 0.321. The zero-order valence-electron chi connectivity index (χ0n) is 21.3. The highest BCUT2D eigenvalue weighted by atomic mass is 19.1. The van der Waals surface area contributed by atoms with Gasteiger partial charge in [0.25, 0.3) is 0 Å². The van der Waals surface area contributed by atoms with Crippen LogP contribution in [0.3, 0.4) is 0 Å². The fourth-order valence-electron chi connectivity index (χ4n) is 4.66. The molecule has 8 nitrogen and oxygen atoms in total. The minimum absolute atomic E-state index is 0.220. The van der Waals surface area contributed by atoms with Crippen molar-refractivity contribution < 1.29 is 14.2 Å². The van der Waals surface area contributed by atoms with E-state index < -0.39 is 0 Å². The molecule has 5 rings (SSSR count). The van der Waals surface area contributed by atoms with Crippen LogP contribution in [-0.4, -0.2) is 65.4 Å². The number of aliphatic hydroxyl groups is 1. The molecule has 0 saturated carbocycles. The van der Waals surface area contributed by atoms with Crippen molar-refractivity contribution in [1.29, 1.82) is 0 Å². The second-order valence-electron chi connectivity index (χ2n) is 9.57. The standard InChI is InChI=1S/C28H31FN6O2/c1-34(2)17-18-12-23(29)21(13-27(18)37-3)25-14-26(22-16-30-9-6-24(22)32-25)33-28-5-4-19(15-31-28)35-10-7-20(36)8-11-35/h4-6,9,12-16,20,36H,7-8,10-11,17H2,1-3H3,(H,31,32,33). The number of halogens is 1. The molecule has 0 radical (unpaired) electrons. The van der Waals surface area contributed by atoms with Crippen molar-refractivity contribution in [1.82, 2.24) is 19.9 Å². The number of ether oxygens (including phenoxy) is 1. The summed E-state index contributed by atoms with van der Waals surface area (Å²) in [5.41, 5.74) is 4.05. The van der Waals surface area contributed by atoms with E-state index in [2.05, 4.69) is 20.2 Å². The highest BCUT2D eigenvalue weighted by Gasteiger charge is 2.18. The Hall–Kier alpha value is -3.82. The lowest BCUT2D eigenvalue weighted by atomic mass is 10.0. The lowest BCUT2D eigenvalue weighted by Gasteiger charge is -2.31. The maximum atomic E-state index is 15.3. The van der Waals surface area contributed by atoms with Crippen LogP contribution in [0.5, 0.6) is 5.75 Å². The molecule has 1 fully saturated rings. The second kappa shape index (κ2) is 10.7. The number of benzene rings is 1. The second-order valence-corrected chi connectivity index (χ2v) is 9.57. The predicted octanol–water partition coefficient (Wildman–Crippen LogP) is 4.61. The van der Waals surface area contributed by atoms with Gasteiger partial charge in [0.2, 0.25) is 0 Å². The van der Waals surface area contributed by atoms with Crippen molar-refractivity contribution in [2.75, 3.05) is 44.5 Å². The SMILES string of the molecule is COc1cc(-c2cc(Nc3ccc(N4CCC(O)CC4)cn3)c3cnccc3n2)c(F)cc1CN(C)C. The number of anilines is 3. The zero-order valence-corrected chi connectivity index (χ0v) is 21.3. The Morgan fingerprint density at radius 3 is 2.65 bits per heavy atom. The number of nitrogens with one attached hydrogen (secondary N) is 1. The van der Waals surface area contributed by atoms with E-state index in [-0.39, 0.29) is 11.9 Å². The van der Waals surface area contributed by atoms with Crippen LogP contribution in [0, 0.1) is 5.82 Å². The minimum atomic E-state index is -0.362. The zero-order chi connectivity index (χ0) is 25.9. The lowest BCUT2D eigenvalue weighted by Crippen LogP contribution is -2.35. The van der Waals surface area contributed by atoms with Gasteiger partial charge < -0.3 is 25.0 Å². The molecule has 1 aliphatic heterocycles. The minimum Gasteiger partial charge on any atom is -0.496 e. The smallest absolute Gasteiger partial charge is 0.133 e. The van der Waals surface area contributed by atoms with Crippen LogP contribution < -0.4 is 15.0 Å². The van der Waals surface area contributed by atoms with Crippen molar-refractivity contribution in [2.24, 2.45) is 0 Å². The molecule has 37 heavy (non-hydrogen) atoms. The predicted molar refractivity (Wildman–Crippen MR) is 144 cm³/mol. The molecule has 3 aromatic heterocycles. The van der Waals surface area contributed by atoms with Crippen LogP contribution in [0.1, 0.15) is 18.4 Å². The van der Waals surface area contributed by atoms with Crippen molar-refractivity contribution >= 4 is 28.1 Å². The first-order valence-corrected chi connectivity index (χ1v) is 12.3. The summed E-state index contributed by atoms with van der Waals surface area (Å²) in [6.45, 7) is 2.17. The summed E-state index contributed by atoms with van der Waals surface area (Å²) in [7, 11) is 5.45. The van der Waals surface area contributed by atoms with Gasteiger partial charge in [-0.05, 0) is 63.3 Å². The van der Waals surface area contributed by atoms with Crippen LogP contribution >= 0.6 is 0 Å². The van der Waals surface area contributed by atoms with Gasteiger partial charge in [0.1, 0.15) is 17.4 Å². The van der Waals surface area contributed by atoms with Gasteiger partial charge in [-0.1, -0.05) is 0 Å². The Morgan fingerprint density at radius 1 is 1.14 bits per heavy atom. The maximum absolute atomic E-state index is 15.3. The van der Waals surface area contributed by atoms with E-state index in [1.54, 1.807) is 31.6 Å². The van der Waals surface area contributed by atoms with Crippen LogP contribution in [0.15, 0.2) is 55.0 Å². The monoisotopic (exact) mass is 502 g/mol. The van der Waals surface area contributed by atoms with Gasteiger partial charge in [-0.3, -0.25) is 4.98 Å². The molecule has 1 aromatic carbocycles. The van der Waals surface area contributed by atoms with Crippen LogP contribution in [0.2, 0.25) is 0 Å². The maximum Gasteiger partial charge on any atom is 0.133 e. The normalized spacial score (nSPS) is 14.4. The number of pyridine rings is 3. The first-order valence-electron chi connectivity index (χ1n) is 12.3. The fourth-order valence-corrected chi connectivity index (χ4v) is 4.66. The molecule has 0 aliphatic carbocycles. The van der Waals surface area contributed by atoms with Gasteiger partial charge in [0.15, 0.2) is 0 Å². The Labute approximate surface area is 215 Å². The number of piperidine rings is 1. The van der Waals surface area contributed by atoms with Gasteiger partial charge >= 0.3 is 0 Å². The number of aliphatic hydroxyl groups excluding tert-OH is 1. The summed E-state index contributed by atoms with van der Waals surface area (Å²) in [5, 5.41) is 13.9. The third-order valence-electron chi connectivity index (χ3n) is 6.58. The molecular weight excluding hydrogens is 471 g/mol. The molecule has 4 heterocycles. The molecule has 0 bridgehead atoms. The lowest BCUT2D eigenvalue weighted by molar-refractivity contribution is 0.145. The first kappa shape index (κ1) is 24.9. The molecule has 192 valence electrons. The molecule has 1 aliphatic rings. The van der Waals surface area contributed by atoms with E-state index in [4.69, 9.17) is 9.72 Å². The summed E-state index contributed by atoms with van der Waals surface area (Å²) in [6, 6.07) is 10.8. The van der Waals surface area contributed by atoms with Crippen molar-refractivity contribution in [3.05, 3.63) is 66.4 Å². The van der Waals surface area contributed by atoms with Crippen LogP contribution in [0.4, 0.5) is 21.6 Å². The molecule has 0 atom stereocenters. The van der Waals surface area contributed by atoms with E-state index in [0.29, 0.717) is 34.9 Å². The molecule has 1 saturated heterocycles. The number of fused-ring (bicyclic) bond motifs is 1. The van der Waals surface area contributed by atoms with Gasteiger partial charge in [-0.15, -0.1) is 0 Å². The van der Waals surface area contributed by atoms with Gasteiger partial charge in [-0.25, -0.2) is 14.4 Å². The molecular formula is C28H31FN6O2. The quantitative estimate of drug-likeness (QED) is 0.379. The Kier molecular flexibility index (Phi) is 7.16. The van der Waals surface area contributed by atoms with Gasteiger partial charge in [0, 0.05) is 48.5 Å². The Morgan fingerprint density at radius 2 is 1.95 bits per heavy atom. The summed E-state index contributed by atoms with van der Waals surface area (Å²) in [6.07, 6.45) is 6.53. The van der Waals surface area contributed by atoms with E-state index >= 15 is 4.39 Å². The van der Waals surface area contributed by atoms with Crippen molar-refractivity contribution in [2.45, 2.75) is 25.5 Å². The Balaban J connectivity index is 1.48. The number of rotatable bonds is 7. The number of methoxy groups -OCH3 is 1. The number of nitrogens with zero attached hydrogens (tertiary/aromatic N) is 5. The average molecular weight is 503 g/mol. The third kappa shape index (κ3) is 5.47. The molecule has 2 N–H and O–H groups in total. The van der Waals surface area contributed by atoms with Crippen LogP contribution in [-0.2, 0) is 6.54 Å². The number of hydrogen-bond donors (Lipinski definition) is 2. The molecule has 4 aromatic rings. The van der Waals surface area contributed by atoms with Crippen molar-refractivity contribution in [3.8, 4) is 17.0 Å². The molecule has 0 unspecified atom stereocenters. The molecule has 9 heteroatoms. The summed E-state index contributed by atoms with van der Waals surface area (Å²) >= 11 is 0. The highest BCUT2D eigenvalue weighted by molar-refractivity contribution is 5.94. The highest BCUT2D eigenvalue weighted by Crippen LogP contribution is 2.34.